The summed E-state index contributed by atoms with van der Waals surface area (Å²) in [7, 11) is 0. The average molecular weight is 280 g/mol. The molecule has 2 saturated heterocycles. The van der Waals surface area contributed by atoms with Gasteiger partial charge in [0.2, 0.25) is 5.91 Å². The zero-order chi connectivity index (χ0) is 11.5. The number of hydrogen-bond donors (Lipinski definition) is 1. The number of hydrogen-bond acceptors (Lipinski definition) is 4. The van der Waals surface area contributed by atoms with Gasteiger partial charge in [-0.15, -0.1) is 12.4 Å². The first-order valence-corrected chi connectivity index (χ1v) is 6.59. The molecule has 2 heterocycles. The molecule has 17 heavy (non-hydrogen) atoms. The number of piperazine rings is 1. The molecule has 0 aromatic heterocycles. The van der Waals surface area contributed by atoms with Crippen molar-refractivity contribution >= 4 is 35.3 Å². The lowest BCUT2D eigenvalue weighted by molar-refractivity contribution is -0.134. The second kappa shape index (κ2) is 6.47. The fraction of sp³-hybridized carbons (Fsp3) is 0.800. The van der Waals surface area contributed by atoms with Crippen molar-refractivity contribution in [1.82, 2.24) is 15.1 Å². The Bertz CT molecular complexity index is 303. The summed E-state index contributed by atoms with van der Waals surface area (Å²) in [5, 5.41) is 3.28. The van der Waals surface area contributed by atoms with Gasteiger partial charge in [-0.3, -0.25) is 9.59 Å². The third kappa shape index (κ3) is 3.50. The van der Waals surface area contributed by atoms with E-state index >= 15 is 0 Å². The van der Waals surface area contributed by atoms with Gasteiger partial charge >= 0.3 is 0 Å². The molecule has 98 valence electrons. The zero-order valence-corrected chi connectivity index (χ0v) is 11.5. The summed E-state index contributed by atoms with van der Waals surface area (Å²) in [6.07, 6.45) is 0. The van der Waals surface area contributed by atoms with Crippen LogP contribution in [-0.2, 0) is 4.79 Å². The molecule has 2 aliphatic rings. The van der Waals surface area contributed by atoms with E-state index in [0.717, 1.165) is 25.4 Å². The molecule has 2 amide bonds. The molecule has 0 aromatic rings. The molecule has 1 atom stereocenters. The molecule has 2 fully saturated rings. The molecule has 7 heteroatoms. The van der Waals surface area contributed by atoms with E-state index in [1.807, 2.05) is 11.8 Å². The van der Waals surface area contributed by atoms with Crippen LogP contribution in [0.1, 0.15) is 6.92 Å². The molecule has 0 aliphatic carbocycles. The molecule has 0 bridgehead atoms. The highest BCUT2D eigenvalue weighted by Gasteiger charge is 2.28. The number of rotatable bonds is 2. The second-order valence-electron chi connectivity index (χ2n) is 4.18. The Morgan fingerprint density at radius 3 is 2.88 bits per heavy atom. The van der Waals surface area contributed by atoms with Crippen LogP contribution in [0.4, 0.5) is 4.79 Å². The van der Waals surface area contributed by atoms with Crippen LogP contribution in [0, 0.1) is 0 Å². The topological polar surface area (TPSA) is 52.7 Å². The Balaban J connectivity index is 0.00000144. The number of amides is 2. The maximum atomic E-state index is 12.0. The van der Waals surface area contributed by atoms with Gasteiger partial charge in [-0.05, 0) is 6.92 Å². The smallest absolute Gasteiger partial charge is 0.282 e. The molecule has 1 N–H and O–H groups in total. The van der Waals surface area contributed by atoms with E-state index in [1.165, 1.54) is 11.8 Å². The fourth-order valence-electron chi connectivity index (χ4n) is 2.03. The van der Waals surface area contributed by atoms with E-state index in [0.29, 0.717) is 6.54 Å². The van der Waals surface area contributed by atoms with E-state index < -0.39 is 0 Å². The van der Waals surface area contributed by atoms with Crippen LogP contribution in [0.25, 0.3) is 0 Å². The van der Waals surface area contributed by atoms with Gasteiger partial charge in [-0.1, -0.05) is 11.8 Å². The van der Waals surface area contributed by atoms with Crippen LogP contribution in [0.3, 0.4) is 0 Å². The predicted octanol–water partition coefficient (Wildman–Crippen LogP) is 0.397. The monoisotopic (exact) mass is 279 g/mol. The number of nitrogens with zero attached hydrogens (tertiary/aromatic N) is 2. The summed E-state index contributed by atoms with van der Waals surface area (Å²) in [6.45, 7) is 5.42. The van der Waals surface area contributed by atoms with Gasteiger partial charge in [0.05, 0.1) is 0 Å². The first-order chi connectivity index (χ1) is 7.68. The van der Waals surface area contributed by atoms with Crippen molar-refractivity contribution in [2.45, 2.75) is 13.0 Å². The van der Waals surface area contributed by atoms with Gasteiger partial charge < -0.3 is 15.1 Å². The van der Waals surface area contributed by atoms with E-state index in [2.05, 4.69) is 5.32 Å². The number of nitrogens with one attached hydrogen (secondary N) is 1. The van der Waals surface area contributed by atoms with Crippen LogP contribution < -0.4 is 5.32 Å². The lowest BCUT2D eigenvalue weighted by Gasteiger charge is -2.34. The Morgan fingerprint density at radius 2 is 2.29 bits per heavy atom. The van der Waals surface area contributed by atoms with Gasteiger partial charge in [0, 0.05) is 38.0 Å². The van der Waals surface area contributed by atoms with Gasteiger partial charge in [-0.25, -0.2) is 0 Å². The number of halogens is 1. The SMILES string of the molecule is C[C@H]1CNCCN1C(=O)CN1CCSC1=O.Cl. The largest absolute Gasteiger partial charge is 0.336 e. The van der Waals surface area contributed by atoms with E-state index in [1.54, 1.807) is 4.90 Å². The van der Waals surface area contributed by atoms with Crippen LogP contribution in [-0.4, -0.2) is 65.5 Å². The second-order valence-corrected chi connectivity index (χ2v) is 5.22. The van der Waals surface area contributed by atoms with Crippen molar-refractivity contribution in [1.29, 1.82) is 0 Å². The number of thioether (sulfide) groups is 1. The molecular formula is C10H18ClN3O2S. The Morgan fingerprint density at radius 1 is 1.53 bits per heavy atom. The minimum Gasteiger partial charge on any atom is -0.336 e. The van der Waals surface area contributed by atoms with Crippen LogP contribution in [0.5, 0.6) is 0 Å². The molecule has 0 spiro atoms. The van der Waals surface area contributed by atoms with Crippen LogP contribution in [0.2, 0.25) is 0 Å². The highest BCUT2D eigenvalue weighted by Crippen LogP contribution is 2.17. The summed E-state index contributed by atoms with van der Waals surface area (Å²) in [4.78, 5) is 26.9. The fourth-order valence-corrected chi connectivity index (χ4v) is 2.86. The summed E-state index contributed by atoms with van der Waals surface area (Å²) < 4.78 is 0. The highest BCUT2D eigenvalue weighted by atomic mass is 35.5. The summed E-state index contributed by atoms with van der Waals surface area (Å²) in [6, 6.07) is 0.228. The lowest BCUT2D eigenvalue weighted by Crippen LogP contribution is -2.54. The highest BCUT2D eigenvalue weighted by molar-refractivity contribution is 8.13. The standard InChI is InChI=1S/C10H17N3O2S.ClH/c1-8-6-11-2-3-13(8)9(14)7-12-4-5-16-10(12)15;/h8,11H,2-7H2,1H3;1H/t8-;/m0./s1. The maximum Gasteiger partial charge on any atom is 0.282 e. The molecule has 2 rings (SSSR count). The molecule has 0 radical (unpaired) electrons. The van der Waals surface area contributed by atoms with Crippen molar-refractivity contribution in [3.63, 3.8) is 0 Å². The first kappa shape index (κ1) is 14.6. The summed E-state index contributed by atoms with van der Waals surface area (Å²) in [5.41, 5.74) is 0. The number of carbonyl (C=O) groups is 2. The van der Waals surface area contributed by atoms with E-state index in [-0.39, 0.29) is 36.1 Å². The average Bonchev–Trinajstić information content (AvgIpc) is 2.65. The van der Waals surface area contributed by atoms with Crippen molar-refractivity contribution < 1.29 is 9.59 Å². The first-order valence-electron chi connectivity index (χ1n) is 5.60. The molecule has 0 saturated carbocycles. The summed E-state index contributed by atoms with van der Waals surface area (Å²) in [5.74, 6) is 0.883. The van der Waals surface area contributed by atoms with Crippen molar-refractivity contribution in [3.05, 3.63) is 0 Å². The van der Waals surface area contributed by atoms with Crippen molar-refractivity contribution in [2.75, 3.05) is 38.5 Å². The van der Waals surface area contributed by atoms with Gasteiger partial charge in [0.25, 0.3) is 5.24 Å². The molecule has 5 nitrogen and oxygen atoms in total. The van der Waals surface area contributed by atoms with E-state index in [4.69, 9.17) is 0 Å². The molecule has 2 aliphatic heterocycles. The van der Waals surface area contributed by atoms with Gasteiger partial charge in [0.1, 0.15) is 6.54 Å². The maximum absolute atomic E-state index is 12.0. The molecular weight excluding hydrogens is 262 g/mol. The quantitative estimate of drug-likeness (QED) is 0.795. The third-order valence-electron chi connectivity index (χ3n) is 2.99. The Labute approximate surface area is 112 Å². The molecule has 0 unspecified atom stereocenters. The molecule has 0 aromatic carbocycles. The summed E-state index contributed by atoms with van der Waals surface area (Å²) >= 11 is 1.30. The predicted molar refractivity (Wildman–Crippen MR) is 70.7 cm³/mol. The van der Waals surface area contributed by atoms with Gasteiger partial charge in [0.15, 0.2) is 0 Å². The minimum absolute atomic E-state index is 0. The van der Waals surface area contributed by atoms with E-state index in [9.17, 15) is 9.59 Å². The normalized spacial score (nSPS) is 24.8. The Hall–Kier alpha value is -0.460. The zero-order valence-electron chi connectivity index (χ0n) is 9.85. The van der Waals surface area contributed by atoms with Gasteiger partial charge in [-0.2, -0.15) is 0 Å². The van der Waals surface area contributed by atoms with Crippen LogP contribution >= 0.6 is 24.2 Å². The third-order valence-corrected chi connectivity index (χ3v) is 3.88. The van der Waals surface area contributed by atoms with Crippen molar-refractivity contribution in [2.24, 2.45) is 0 Å². The lowest BCUT2D eigenvalue weighted by atomic mass is 10.2. The minimum atomic E-state index is 0. The van der Waals surface area contributed by atoms with Crippen molar-refractivity contribution in [3.8, 4) is 0 Å². The Kier molecular flexibility index (Phi) is 5.55. The number of carbonyl (C=O) groups excluding carboxylic acids is 2. The van der Waals surface area contributed by atoms with Crippen LogP contribution in [0.15, 0.2) is 0 Å².